The molecule has 17 heavy (non-hydrogen) atoms. The van der Waals surface area contributed by atoms with Gasteiger partial charge in [0, 0.05) is 11.8 Å². The number of hydrogen-bond donors (Lipinski definition) is 1. The van der Waals surface area contributed by atoms with E-state index in [0.29, 0.717) is 5.33 Å². The van der Waals surface area contributed by atoms with Gasteiger partial charge >= 0.3 is 5.97 Å². The molecule has 5 heteroatoms. The molecule has 0 saturated carbocycles. The fraction of sp³-hybridized carbons (Fsp3) is 0.333. The van der Waals surface area contributed by atoms with Crippen molar-refractivity contribution in [2.75, 3.05) is 11.9 Å². The van der Waals surface area contributed by atoms with Crippen LogP contribution in [0.25, 0.3) is 0 Å². The van der Waals surface area contributed by atoms with Crippen molar-refractivity contribution in [2.45, 2.75) is 13.3 Å². The molecule has 1 aromatic rings. The smallest absolute Gasteiger partial charge is 0.338 e. The van der Waals surface area contributed by atoms with Crippen LogP contribution in [-0.4, -0.2) is 28.8 Å². The lowest BCUT2D eigenvalue weighted by atomic mass is 10.0. The number of carbonyl (C=O) groups is 2. The summed E-state index contributed by atoms with van der Waals surface area (Å²) < 4.78 is 4.84. The van der Waals surface area contributed by atoms with Gasteiger partial charge in [0.05, 0.1) is 17.7 Å². The Balaban J connectivity index is 3.17. The van der Waals surface area contributed by atoms with Crippen LogP contribution in [0.1, 0.15) is 34.1 Å². The summed E-state index contributed by atoms with van der Waals surface area (Å²) in [7, 11) is 0. The highest BCUT2D eigenvalue weighted by molar-refractivity contribution is 9.09. The molecule has 0 amide bonds. The summed E-state index contributed by atoms with van der Waals surface area (Å²) >= 11 is 3.15. The summed E-state index contributed by atoms with van der Waals surface area (Å²) in [6.45, 7) is 1.90. The minimum atomic E-state index is -0.596. The number of carbonyl (C=O) groups excluding carboxylic acids is 2. The van der Waals surface area contributed by atoms with Crippen LogP contribution in [0, 0.1) is 0 Å². The van der Waals surface area contributed by atoms with Crippen LogP contribution in [0.5, 0.6) is 5.75 Å². The molecule has 0 aromatic heterocycles. The Hall–Kier alpha value is -1.36. The van der Waals surface area contributed by atoms with Crippen LogP contribution in [0.4, 0.5) is 0 Å². The number of Topliss-reactive ketones (excluding diaryl/α,β-unsaturated/α-hetero) is 1. The fourth-order valence-corrected chi connectivity index (χ4v) is 1.78. The largest absolute Gasteiger partial charge is 0.507 e. The minimum Gasteiger partial charge on any atom is -0.507 e. The topological polar surface area (TPSA) is 63.6 Å². The first-order valence-electron chi connectivity index (χ1n) is 5.20. The molecule has 1 rings (SSSR count). The molecule has 0 saturated heterocycles. The number of esters is 1. The molecule has 4 nitrogen and oxygen atoms in total. The maximum Gasteiger partial charge on any atom is 0.338 e. The Kier molecular flexibility index (Phi) is 5.15. The van der Waals surface area contributed by atoms with Crippen LogP contribution in [0.2, 0.25) is 0 Å². The van der Waals surface area contributed by atoms with Gasteiger partial charge in [-0.1, -0.05) is 22.0 Å². The van der Waals surface area contributed by atoms with Crippen LogP contribution in [0.15, 0.2) is 18.2 Å². The molecule has 0 aliphatic rings. The van der Waals surface area contributed by atoms with Crippen molar-refractivity contribution in [1.82, 2.24) is 0 Å². The van der Waals surface area contributed by atoms with Crippen LogP contribution >= 0.6 is 15.9 Å². The van der Waals surface area contributed by atoms with Crippen molar-refractivity contribution in [3.63, 3.8) is 0 Å². The second kappa shape index (κ2) is 6.39. The predicted molar refractivity (Wildman–Crippen MR) is 66.8 cm³/mol. The highest BCUT2D eigenvalue weighted by atomic mass is 79.9. The van der Waals surface area contributed by atoms with E-state index in [4.69, 9.17) is 4.74 Å². The molecule has 0 fully saturated rings. The summed E-state index contributed by atoms with van der Waals surface area (Å²) in [5, 5.41) is 10.1. The molecule has 0 radical (unpaired) electrons. The molecule has 0 atom stereocenters. The lowest BCUT2D eigenvalue weighted by Crippen LogP contribution is -2.12. The molecule has 0 unspecified atom stereocenters. The molecular formula is C12H13BrO4. The zero-order valence-corrected chi connectivity index (χ0v) is 11.0. The SMILES string of the molecule is CCOC(=O)c1cccc(O)c1C(=O)CCBr. The summed E-state index contributed by atoms with van der Waals surface area (Å²) in [5.74, 6) is -1.08. The Labute approximate surface area is 108 Å². The van der Waals surface area contributed by atoms with Crippen LogP contribution in [0.3, 0.4) is 0 Å². The lowest BCUT2D eigenvalue weighted by Gasteiger charge is -2.09. The van der Waals surface area contributed by atoms with Gasteiger partial charge in [-0.2, -0.15) is 0 Å². The van der Waals surface area contributed by atoms with E-state index in [1.807, 2.05) is 0 Å². The number of alkyl halides is 1. The third kappa shape index (κ3) is 3.30. The van der Waals surface area contributed by atoms with E-state index in [1.165, 1.54) is 18.2 Å². The van der Waals surface area contributed by atoms with Crippen molar-refractivity contribution in [3.8, 4) is 5.75 Å². The molecule has 0 aliphatic heterocycles. The predicted octanol–water partition coefficient (Wildman–Crippen LogP) is 2.54. The first-order valence-corrected chi connectivity index (χ1v) is 6.32. The average Bonchev–Trinajstić information content (AvgIpc) is 2.29. The van der Waals surface area contributed by atoms with Gasteiger partial charge in [-0.25, -0.2) is 4.79 Å². The zero-order valence-electron chi connectivity index (χ0n) is 9.40. The number of rotatable bonds is 5. The van der Waals surface area contributed by atoms with E-state index in [9.17, 15) is 14.7 Å². The number of aromatic hydroxyl groups is 1. The van der Waals surface area contributed by atoms with Gasteiger partial charge in [0.25, 0.3) is 0 Å². The van der Waals surface area contributed by atoms with Crippen molar-refractivity contribution in [1.29, 1.82) is 0 Å². The maximum atomic E-state index is 11.8. The molecule has 0 bridgehead atoms. The molecule has 1 aromatic carbocycles. The number of halogens is 1. The first-order chi connectivity index (χ1) is 8.11. The number of ketones is 1. The summed E-state index contributed by atoms with van der Waals surface area (Å²) in [6.07, 6.45) is 0.212. The van der Waals surface area contributed by atoms with Crippen molar-refractivity contribution < 1.29 is 19.4 Å². The van der Waals surface area contributed by atoms with Crippen LogP contribution in [-0.2, 0) is 4.74 Å². The van der Waals surface area contributed by atoms with E-state index in [1.54, 1.807) is 6.92 Å². The van der Waals surface area contributed by atoms with Gasteiger partial charge in [-0.15, -0.1) is 0 Å². The fourth-order valence-electron chi connectivity index (χ4n) is 1.42. The minimum absolute atomic E-state index is 0.0328. The van der Waals surface area contributed by atoms with E-state index in [2.05, 4.69) is 15.9 Å². The van der Waals surface area contributed by atoms with Gasteiger partial charge in [-0.3, -0.25) is 4.79 Å². The molecule has 0 aliphatic carbocycles. The van der Waals surface area contributed by atoms with Gasteiger partial charge in [-0.05, 0) is 19.1 Å². The third-order valence-corrected chi connectivity index (χ3v) is 2.53. The average molecular weight is 301 g/mol. The van der Waals surface area contributed by atoms with Crippen molar-refractivity contribution >= 4 is 27.7 Å². The summed E-state index contributed by atoms with van der Waals surface area (Å²) in [6, 6.07) is 4.36. The van der Waals surface area contributed by atoms with E-state index < -0.39 is 5.97 Å². The number of phenolic OH excluding ortho intramolecular Hbond substituents is 1. The van der Waals surface area contributed by atoms with Gasteiger partial charge in [0.2, 0.25) is 0 Å². The molecule has 0 spiro atoms. The standard InChI is InChI=1S/C12H13BrO4/c1-2-17-12(16)8-4-3-5-9(14)11(8)10(15)6-7-13/h3-5,14H,2,6-7H2,1H3. The first kappa shape index (κ1) is 13.7. The molecular weight excluding hydrogens is 288 g/mol. The Morgan fingerprint density at radius 2 is 2.12 bits per heavy atom. The van der Waals surface area contributed by atoms with Gasteiger partial charge in [0.1, 0.15) is 5.75 Å². The van der Waals surface area contributed by atoms with E-state index in [-0.39, 0.29) is 35.7 Å². The Bertz CT molecular complexity index is 429. The number of hydrogen-bond acceptors (Lipinski definition) is 4. The van der Waals surface area contributed by atoms with Gasteiger partial charge in [0.15, 0.2) is 5.78 Å². The van der Waals surface area contributed by atoms with E-state index >= 15 is 0 Å². The highest BCUT2D eigenvalue weighted by Gasteiger charge is 2.20. The molecule has 92 valence electrons. The maximum absolute atomic E-state index is 11.8. The number of phenols is 1. The summed E-state index contributed by atoms with van der Waals surface area (Å²) in [5.41, 5.74) is 0.142. The summed E-state index contributed by atoms with van der Waals surface area (Å²) in [4.78, 5) is 23.4. The van der Waals surface area contributed by atoms with Crippen molar-refractivity contribution in [2.24, 2.45) is 0 Å². The zero-order chi connectivity index (χ0) is 12.8. The lowest BCUT2D eigenvalue weighted by molar-refractivity contribution is 0.0522. The second-order valence-electron chi connectivity index (χ2n) is 3.28. The normalized spacial score (nSPS) is 10.0. The molecule has 0 heterocycles. The number of ether oxygens (including phenoxy) is 1. The highest BCUT2D eigenvalue weighted by Crippen LogP contribution is 2.23. The third-order valence-electron chi connectivity index (χ3n) is 2.14. The number of benzene rings is 1. The second-order valence-corrected chi connectivity index (χ2v) is 4.08. The Morgan fingerprint density at radius 3 is 2.71 bits per heavy atom. The van der Waals surface area contributed by atoms with Gasteiger partial charge < -0.3 is 9.84 Å². The monoisotopic (exact) mass is 300 g/mol. The quantitative estimate of drug-likeness (QED) is 0.516. The van der Waals surface area contributed by atoms with Crippen molar-refractivity contribution in [3.05, 3.63) is 29.3 Å². The Morgan fingerprint density at radius 1 is 1.41 bits per heavy atom. The van der Waals surface area contributed by atoms with E-state index in [0.717, 1.165) is 0 Å². The molecule has 1 N–H and O–H groups in total. The van der Waals surface area contributed by atoms with Crippen LogP contribution < -0.4 is 0 Å².